The van der Waals surface area contributed by atoms with Crippen LogP contribution in [0.1, 0.15) is 216 Å². The van der Waals surface area contributed by atoms with Gasteiger partial charge in [-0.15, -0.1) is 22.7 Å². The molecule has 364 valence electrons. The maximum atomic E-state index is 14.8. The molecule has 2 aliphatic rings. The maximum Gasteiger partial charge on any atom is 0.199 e. The van der Waals surface area contributed by atoms with Crippen molar-refractivity contribution in [3.05, 3.63) is 205 Å². The highest BCUT2D eigenvalue weighted by Crippen LogP contribution is 2.39. The quantitative estimate of drug-likeness (QED) is 0.137. The molecule has 2 aromatic heterocycles. The van der Waals surface area contributed by atoms with Crippen LogP contribution in [-0.4, -0.2) is 23.1 Å². The molecule has 8 aromatic rings. The SMILES string of the molecule is CC(C)c1cc(C(C)C)c(Cc2cc(=C3C(=O)c4cc5ccccc5cc4C3=O)s/c2=c2/sc(=C3C(=O)c4cc5ccccc5cc4C3=O)cc2Cc2c(C(C)C)cc(C(C)C)cc2C(C)C)c(C(C)C)c1. The molecule has 0 spiro atoms. The molecule has 0 aliphatic heterocycles. The van der Waals surface area contributed by atoms with Gasteiger partial charge in [0.05, 0.1) is 11.1 Å². The van der Waals surface area contributed by atoms with Crippen molar-refractivity contribution in [2.24, 2.45) is 0 Å². The van der Waals surface area contributed by atoms with Crippen LogP contribution in [-0.2, 0) is 12.8 Å². The molecule has 0 bridgehead atoms. The summed E-state index contributed by atoms with van der Waals surface area (Å²) < 4.78 is 3.19. The number of hydrogen-bond acceptors (Lipinski definition) is 6. The molecule has 0 fully saturated rings. The van der Waals surface area contributed by atoms with Gasteiger partial charge in [-0.2, -0.15) is 0 Å². The van der Waals surface area contributed by atoms with Gasteiger partial charge in [-0.05, 0) is 162 Å². The van der Waals surface area contributed by atoms with E-state index in [9.17, 15) is 19.2 Å². The Balaban J connectivity index is 1.33. The van der Waals surface area contributed by atoms with E-state index in [0.29, 0.717) is 56.0 Å². The topological polar surface area (TPSA) is 68.3 Å². The fraction of sp³-hybridized carbons (Fsp3) is 0.303. The summed E-state index contributed by atoms with van der Waals surface area (Å²) >= 11 is 3.00. The van der Waals surface area contributed by atoms with E-state index in [1.165, 1.54) is 67.2 Å². The lowest BCUT2D eigenvalue weighted by atomic mass is 9.82. The lowest BCUT2D eigenvalue weighted by Crippen LogP contribution is -2.11. The monoisotopic (exact) mass is 984 g/mol. The molecule has 0 saturated carbocycles. The molecule has 10 rings (SSSR count). The number of ketones is 4. The van der Waals surface area contributed by atoms with Gasteiger partial charge in [-0.25, -0.2) is 0 Å². The van der Waals surface area contributed by atoms with E-state index < -0.39 is 0 Å². The van der Waals surface area contributed by atoms with Crippen LogP contribution in [0, 0.1) is 9.06 Å². The Bertz CT molecular complexity index is 3430. The van der Waals surface area contributed by atoms with E-state index in [4.69, 9.17) is 0 Å². The first-order valence-corrected chi connectivity index (χ1v) is 27.5. The van der Waals surface area contributed by atoms with Crippen molar-refractivity contribution >= 4 is 78.5 Å². The Kier molecular flexibility index (Phi) is 12.9. The van der Waals surface area contributed by atoms with Crippen LogP contribution < -0.4 is 9.06 Å². The fourth-order valence-corrected chi connectivity index (χ4v) is 13.8. The Labute approximate surface area is 431 Å². The first-order valence-electron chi connectivity index (χ1n) is 25.9. The summed E-state index contributed by atoms with van der Waals surface area (Å²) in [6.07, 6.45) is 1.16. The van der Waals surface area contributed by atoms with E-state index in [-0.39, 0.29) is 58.0 Å². The molecular formula is C66H64O4S2. The summed E-state index contributed by atoms with van der Waals surface area (Å²) in [5, 5.41) is 3.67. The Morgan fingerprint density at radius 1 is 0.347 bits per heavy atom. The second-order valence-corrected chi connectivity index (χ2v) is 24.2. The molecule has 0 atom stereocenters. The van der Waals surface area contributed by atoms with Gasteiger partial charge in [0.1, 0.15) is 0 Å². The van der Waals surface area contributed by atoms with Gasteiger partial charge in [0.25, 0.3) is 0 Å². The number of hydrogen-bond donors (Lipinski definition) is 0. The molecule has 2 heterocycles. The van der Waals surface area contributed by atoms with Crippen molar-refractivity contribution < 1.29 is 19.2 Å². The minimum Gasteiger partial charge on any atom is -0.288 e. The third-order valence-electron chi connectivity index (χ3n) is 15.2. The Morgan fingerprint density at radius 3 is 0.847 bits per heavy atom. The first-order chi connectivity index (χ1) is 34.3. The lowest BCUT2D eigenvalue weighted by molar-refractivity contribution is 0.101. The zero-order valence-electron chi connectivity index (χ0n) is 43.7. The summed E-state index contributed by atoms with van der Waals surface area (Å²) in [7, 11) is 0. The summed E-state index contributed by atoms with van der Waals surface area (Å²) in [5.41, 5.74) is 14.5. The molecule has 6 heteroatoms. The fourth-order valence-electron chi connectivity index (χ4n) is 11.2. The van der Waals surface area contributed by atoms with Gasteiger partial charge in [0.15, 0.2) is 23.1 Å². The number of rotatable bonds is 10. The van der Waals surface area contributed by atoms with Crippen LogP contribution in [0.5, 0.6) is 0 Å². The number of thiophene rings is 2. The van der Waals surface area contributed by atoms with Crippen LogP contribution in [0.2, 0.25) is 0 Å². The van der Waals surface area contributed by atoms with Gasteiger partial charge in [0.2, 0.25) is 0 Å². The van der Waals surface area contributed by atoms with Crippen LogP contribution in [0.3, 0.4) is 0 Å². The van der Waals surface area contributed by atoms with Gasteiger partial charge in [-0.3, -0.25) is 19.2 Å². The van der Waals surface area contributed by atoms with Crippen LogP contribution in [0.25, 0.3) is 32.7 Å². The predicted molar refractivity (Wildman–Crippen MR) is 301 cm³/mol. The average molecular weight is 985 g/mol. The highest BCUT2D eigenvalue weighted by Gasteiger charge is 2.36. The number of carbonyl (C=O) groups excluding carboxylic acids is 4. The number of Topliss-reactive ketones (excluding diaryl/α,β-unsaturated/α-hetero) is 4. The molecule has 0 radical (unpaired) electrons. The molecule has 0 N–H and O–H groups in total. The third-order valence-corrected chi connectivity index (χ3v) is 17.8. The molecule has 0 amide bonds. The second kappa shape index (κ2) is 18.9. The first kappa shape index (κ1) is 49.2. The third kappa shape index (κ3) is 8.48. The predicted octanol–water partition coefficient (Wildman–Crippen LogP) is 15.8. The molecular weight excluding hydrogens is 921 g/mol. The van der Waals surface area contributed by atoms with E-state index in [0.717, 1.165) is 41.7 Å². The molecule has 4 nitrogen and oxygen atoms in total. The zero-order chi connectivity index (χ0) is 51.2. The maximum absolute atomic E-state index is 14.8. The lowest BCUT2D eigenvalue weighted by Gasteiger charge is -2.23. The van der Waals surface area contributed by atoms with Crippen molar-refractivity contribution in [1.29, 1.82) is 0 Å². The van der Waals surface area contributed by atoms with E-state index >= 15 is 0 Å². The van der Waals surface area contributed by atoms with Crippen LogP contribution in [0.15, 0.2) is 109 Å². The van der Waals surface area contributed by atoms with Crippen molar-refractivity contribution in [3.63, 3.8) is 0 Å². The Hall–Kier alpha value is -6.34. The number of carbonyl (C=O) groups is 4. The molecule has 2 aliphatic carbocycles. The average Bonchev–Trinajstić information content (AvgIpc) is 4.07. The normalized spacial score (nSPS) is 14.4. The molecule has 0 unspecified atom stereocenters. The van der Waals surface area contributed by atoms with Crippen LogP contribution in [0.4, 0.5) is 0 Å². The standard InChI is InChI=1S/C66H64O4S2/c1-33(2)43-25-47(35(5)6)51(48(26-43)36(7)8)29-45-31-57(59-61(67)53-21-39-17-13-14-18-40(39)22-54(53)62(59)68)71-65(45)66-46(30-52-49(37(9)10)27-44(34(3)4)28-50(52)38(11)12)32-58(72-66)60-63(69)55-23-41-19-15-16-20-42(41)24-56(55)64(60)70/h13-28,31-38H,29-30H2,1-12H3/b66-65+. The highest BCUT2D eigenvalue weighted by molar-refractivity contribution is 7.12. The number of benzene rings is 6. The van der Waals surface area contributed by atoms with Gasteiger partial charge in [0, 0.05) is 40.4 Å². The van der Waals surface area contributed by atoms with Crippen molar-refractivity contribution in [2.75, 3.05) is 0 Å². The van der Waals surface area contributed by atoms with Crippen LogP contribution >= 0.6 is 22.7 Å². The van der Waals surface area contributed by atoms with E-state index in [2.05, 4.69) is 119 Å². The summed E-state index contributed by atoms with van der Waals surface area (Å²) in [6, 6.07) is 37.0. The van der Waals surface area contributed by atoms with Crippen molar-refractivity contribution in [3.8, 4) is 0 Å². The minimum absolute atomic E-state index is 0.200. The minimum atomic E-state index is -0.254. The van der Waals surface area contributed by atoms with E-state index in [1.807, 2.05) is 72.8 Å². The summed E-state index contributed by atoms with van der Waals surface area (Å²) in [5.74, 6) is 0.643. The van der Waals surface area contributed by atoms with Gasteiger partial charge >= 0.3 is 0 Å². The van der Waals surface area contributed by atoms with Gasteiger partial charge in [-0.1, -0.05) is 156 Å². The zero-order valence-corrected chi connectivity index (χ0v) is 45.4. The van der Waals surface area contributed by atoms with Crippen molar-refractivity contribution in [1.82, 2.24) is 0 Å². The molecule has 6 aromatic carbocycles. The molecule has 0 saturated heterocycles. The largest absolute Gasteiger partial charge is 0.288 e. The Morgan fingerprint density at radius 2 is 0.611 bits per heavy atom. The summed E-state index contributed by atoms with van der Waals surface area (Å²) in [6.45, 7) is 27.1. The summed E-state index contributed by atoms with van der Waals surface area (Å²) in [4.78, 5) is 59.0. The van der Waals surface area contributed by atoms with Crippen molar-refractivity contribution in [2.45, 2.75) is 131 Å². The highest BCUT2D eigenvalue weighted by atomic mass is 32.1. The smallest absolute Gasteiger partial charge is 0.199 e. The van der Waals surface area contributed by atoms with Gasteiger partial charge < -0.3 is 0 Å². The number of fused-ring (bicyclic) bond motifs is 4. The second-order valence-electron chi connectivity index (χ2n) is 22.1. The van der Waals surface area contributed by atoms with E-state index in [1.54, 1.807) is 0 Å². The molecule has 72 heavy (non-hydrogen) atoms.